The summed E-state index contributed by atoms with van der Waals surface area (Å²) in [5.41, 5.74) is 7.15. The van der Waals surface area contributed by atoms with E-state index in [1.165, 1.54) is 53.2 Å². The Labute approximate surface area is 224 Å². The van der Waals surface area contributed by atoms with Gasteiger partial charge in [-0.3, -0.25) is 0 Å². The van der Waals surface area contributed by atoms with Crippen LogP contribution in [0, 0.1) is 0 Å². The molecule has 7 aromatic rings. The molecule has 2 nitrogen and oxygen atoms in total. The van der Waals surface area contributed by atoms with Crippen LogP contribution in [-0.2, 0) is 0 Å². The molecular weight excluding hydrogens is 482 g/mol. The molecule has 180 valence electrons. The minimum atomic E-state index is -0.162. The quantitative estimate of drug-likeness (QED) is 0.258. The maximum absolute atomic E-state index is 6.23. The Morgan fingerprint density at radius 2 is 1.37 bits per heavy atom. The van der Waals surface area contributed by atoms with Gasteiger partial charge in [0.15, 0.2) is 6.23 Å². The van der Waals surface area contributed by atoms with Crippen LogP contribution in [0.2, 0.25) is 0 Å². The zero-order valence-corrected chi connectivity index (χ0v) is 21.3. The first kappa shape index (κ1) is 21.5. The van der Waals surface area contributed by atoms with Crippen LogP contribution < -0.4 is 10.1 Å². The van der Waals surface area contributed by atoms with Gasteiger partial charge in [-0.15, -0.1) is 11.3 Å². The van der Waals surface area contributed by atoms with E-state index in [4.69, 9.17) is 4.74 Å². The third kappa shape index (κ3) is 3.40. The van der Waals surface area contributed by atoms with Crippen molar-refractivity contribution in [3.8, 4) is 28.0 Å². The van der Waals surface area contributed by atoms with Gasteiger partial charge in [-0.2, -0.15) is 0 Å². The van der Waals surface area contributed by atoms with Gasteiger partial charge in [0.1, 0.15) is 5.75 Å². The summed E-state index contributed by atoms with van der Waals surface area (Å²) in [5, 5.41) is 8.63. The number of benzene rings is 6. The molecule has 1 aromatic heterocycles. The molecule has 38 heavy (non-hydrogen) atoms. The first-order chi connectivity index (χ1) is 18.8. The first-order valence-electron chi connectivity index (χ1n) is 12.9. The molecule has 0 aliphatic carbocycles. The van der Waals surface area contributed by atoms with Gasteiger partial charge in [0.2, 0.25) is 0 Å². The van der Waals surface area contributed by atoms with Crippen molar-refractivity contribution in [2.45, 2.75) is 6.23 Å². The number of thiophene rings is 1. The molecule has 8 rings (SSSR count). The zero-order valence-electron chi connectivity index (χ0n) is 20.5. The molecule has 0 bridgehead atoms. The second-order valence-corrected chi connectivity index (χ2v) is 10.8. The number of hydrogen-bond acceptors (Lipinski definition) is 3. The summed E-state index contributed by atoms with van der Waals surface area (Å²) in [6.07, 6.45) is -0.162. The lowest BCUT2D eigenvalue weighted by Crippen LogP contribution is -2.09. The summed E-state index contributed by atoms with van der Waals surface area (Å²) in [5.74, 6) is 0.900. The Kier molecular flexibility index (Phi) is 4.79. The standard InChI is InChI=1S/C35H23NOS/c1-2-8-22(9-3-1)35-36-33-27-18-16-24(21-26(27)17-19-31(33)37-35)23-10-6-11-25(20-23)28-13-7-14-30-29-12-4-5-15-32(29)38-34(28)30/h1-21,35-36H. The summed E-state index contributed by atoms with van der Waals surface area (Å²) in [4.78, 5) is 0. The van der Waals surface area contributed by atoms with E-state index in [0.29, 0.717) is 0 Å². The van der Waals surface area contributed by atoms with Crippen molar-refractivity contribution >= 4 is 48.0 Å². The molecule has 6 aromatic carbocycles. The predicted octanol–water partition coefficient (Wildman–Crippen LogP) is 10.0. The molecule has 2 heterocycles. The maximum Gasteiger partial charge on any atom is 0.196 e. The summed E-state index contributed by atoms with van der Waals surface area (Å²) in [6.45, 7) is 0. The van der Waals surface area contributed by atoms with Crippen molar-refractivity contribution in [3.05, 3.63) is 133 Å². The zero-order chi connectivity index (χ0) is 25.1. The highest BCUT2D eigenvalue weighted by Gasteiger charge is 2.25. The van der Waals surface area contributed by atoms with Crippen molar-refractivity contribution in [2.24, 2.45) is 0 Å². The largest absolute Gasteiger partial charge is 0.464 e. The van der Waals surface area contributed by atoms with E-state index < -0.39 is 0 Å². The third-order valence-electron chi connectivity index (χ3n) is 7.52. The lowest BCUT2D eigenvalue weighted by Gasteiger charge is -2.11. The highest BCUT2D eigenvalue weighted by atomic mass is 32.1. The number of hydrogen-bond donors (Lipinski definition) is 1. The molecule has 0 radical (unpaired) electrons. The fourth-order valence-corrected chi connectivity index (χ4v) is 6.88. The van der Waals surface area contributed by atoms with Gasteiger partial charge >= 0.3 is 0 Å². The van der Waals surface area contributed by atoms with Crippen molar-refractivity contribution in [2.75, 3.05) is 5.32 Å². The molecular formula is C35H23NOS. The van der Waals surface area contributed by atoms with Crippen LogP contribution in [0.3, 0.4) is 0 Å². The van der Waals surface area contributed by atoms with Crippen molar-refractivity contribution < 1.29 is 4.74 Å². The average Bonchev–Trinajstić information content (AvgIpc) is 3.60. The van der Waals surface area contributed by atoms with Gasteiger partial charge in [-0.1, -0.05) is 103 Å². The molecule has 3 heteroatoms. The monoisotopic (exact) mass is 505 g/mol. The van der Waals surface area contributed by atoms with Gasteiger partial charge in [-0.05, 0) is 51.9 Å². The van der Waals surface area contributed by atoms with Crippen LogP contribution >= 0.6 is 11.3 Å². The second kappa shape index (κ2) is 8.47. The lowest BCUT2D eigenvalue weighted by molar-refractivity contribution is 0.260. The highest BCUT2D eigenvalue weighted by Crippen LogP contribution is 2.44. The smallest absolute Gasteiger partial charge is 0.196 e. The van der Waals surface area contributed by atoms with E-state index >= 15 is 0 Å². The fourth-order valence-electron chi connectivity index (χ4n) is 5.64. The molecule has 0 saturated carbocycles. The molecule has 1 N–H and O–H groups in total. The average molecular weight is 506 g/mol. The fraction of sp³-hybridized carbons (Fsp3) is 0.0286. The molecule has 1 unspecified atom stereocenters. The normalized spacial score (nSPS) is 14.5. The van der Waals surface area contributed by atoms with Crippen LogP contribution in [0.4, 0.5) is 5.69 Å². The summed E-state index contributed by atoms with van der Waals surface area (Å²) < 4.78 is 8.91. The van der Waals surface area contributed by atoms with E-state index in [9.17, 15) is 0 Å². The molecule has 0 saturated heterocycles. The van der Waals surface area contributed by atoms with Gasteiger partial charge in [-0.25, -0.2) is 0 Å². The molecule has 1 atom stereocenters. The molecule has 1 aliphatic heterocycles. The van der Waals surface area contributed by atoms with Crippen molar-refractivity contribution in [1.29, 1.82) is 0 Å². The topological polar surface area (TPSA) is 21.3 Å². The Morgan fingerprint density at radius 1 is 0.579 bits per heavy atom. The number of nitrogens with one attached hydrogen (secondary N) is 1. The van der Waals surface area contributed by atoms with Crippen molar-refractivity contribution in [3.63, 3.8) is 0 Å². The Hall–Kier alpha value is -4.60. The van der Waals surface area contributed by atoms with E-state index in [0.717, 1.165) is 17.0 Å². The van der Waals surface area contributed by atoms with Crippen molar-refractivity contribution in [1.82, 2.24) is 0 Å². The number of fused-ring (bicyclic) bond motifs is 6. The van der Waals surface area contributed by atoms with Crippen LogP contribution in [0.5, 0.6) is 5.75 Å². The summed E-state index contributed by atoms with van der Waals surface area (Å²) >= 11 is 1.88. The SMILES string of the molecule is c1ccc(C2Nc3c(ccc4cc(-c5cccc(-c6cccc7c6sc6ccccc67)c5)ccc34)O2)cc1. The van der Waals surface area contributed by atoms with Crippen LogP contribution in [-0.4, -0.2) is 0 Å². The number of rotatable bonds is 3. The second-order valence-electron chi connectivity index (χ2n) is 9.79. The van der Waals surface area contributed by atoms with E-state index in [1.807, 2.05) is 29.5 Å². The lowest BCUT2D eigenvalue weighted by atomic mass is 9.96. The Morgan fingerprint density at radius 3 is 2.32 bits per heavy atom. The van der Waals surface area contributed by atoms with Crippen LogP contribution in [0.25, 0.3) is 53.2 Å². The molecule has 0 amide bonds. The predicted molar refractivity (Wildman–Crippen MR) is 161 cm³/mol. The van der Waals surface area contributed by atoms with Gasteiger partial charge in [0.05, 0.1) is 5.69 Å². The van der Waals surface area contributed by atoms with E-state index in [1.54, 1.807) is 0 Å². The highest BCUT2D eigenvalue weighted by molar-refractivity contribution is 7.26. The Bertz CT molecular complexity index is 1990. The summed E-state index contributed by atoms with van der Waals surface area (Å²) in [6, 6.07) is 45.5. The minimum absolute atomic E-state index is 0.162. The van der Waals surface area contributed by atoms with Gasteiger partial charge < -0.3 is 10.1 Å². The number of anilines is 1. The maximum atomic E-state index is 6.23. The Balaban J connectivity index is 1.18. The van der Waals surface area contributed by atoms with E-state index in [-0.39, 0.29) is 6.23 Å². The van der Waals surface area contributed by atoms with Gasteiger partial charge in [0.25, 0.3) is 0 Å². The minimum Gasteiger partial charge on any atom is -0.464 e. The summed E-state index contributed by atoms with van der Waals surface area (Å²) in [7, 11) is 0. The van der Waals surface area contributed by atoms with Crippen LogP contribution in [0.15, 0.2) is 127 Å². The first-order valence-corrected chi connectivity index (χ1v) is 13.7. The van der Waals surface area contributed by atoms with Gasteiger partial charge in [0, 0.05) is 31.1 Å². The van der Waals surface area contributed by atoms with Crippen LogP contribution in [0.1, 0.15) is 11.8 Å². The third-order valence-corrected chi connectivity index (χ3v) is 8.74. The molecule has 1 aliphatic rings. The molecule has 0 fully saturated rings. The number of ether oxygens (including phenoxy) is 1. The van der Waals surface area contributed by atoms with E-state index in [2.05, 4.69) is 115 Å². The molecule has 0 spiro atoms.